The van der Waals surface area contributed by atoms with E-state index in [1.54, 1.807) is 4.90 Å². The molecule has 0 spiro atoms. The number of methoxy groups -OCH3 is 1. The van der Waals surface area contributed by atoms with Gasteiger partial charge in [-0.25, -0.2) is 0 Å². The lowest BCUT2D eigenvalue weighted by Crippen LogP contribution is -2.58. The quantitative estimate of drug-likeness (QED) is 0.0739. The van der Waals surface area contributed by atoms with E-state index in [1.807, 2.05) is 43.9 Å². The van der Waals surface area contributed by atoms with E-state index in [1.165, 1.54) is 7.11 Å². The Kier molecular flexibility index (Phi) is 23.1. The first-order valence-electron chi connectivity index (χ1n) is 19.1. The summed E-state index contributed by atoms with van der Waals surface area (Å²) in [6.45, 7) is 14.3. The predicted molar refractivity (Wildman–Crippen MR) is 199 cm³/mol. The Morgan fingerprint density at radius 2 is 1.36 bits per heavy atom. The molecule has 0 saturated carbocycles. The molecule has 0 aliphatic rings. The summed E-state index contributed by atoms with van der Waals surface area (Å²) in [4.78, 5) is 55.7. The van der Waals surface area contributed by atoms with Gasteiger partial charge in [0.2, 0.25) is 17.4 Å². The van der Waals surface area contributed by atoms with Crippen molar-refractivity contribution in [3.63, 3.8) is 0 Å². The molecule has 2 atom stereocenters. The zero-order valence-corrected chi connectivity index (χ0v) is 32.3. The van der Waals surface area contributed by atoms with Crippen LogP contribution in [0.4, 0.5) is 0 Å². The van der Waals surface area contributed by atoms with E-state index in [9.17, 15) is 19.2 Å². The van der Waals surface area contributed by atoms with Gasteiger partial charge < -0.3 is 35.1 Å². The molecule has 1 aromatic carbocycles. The average Bonchev–Trinajstić information content (AvgIpc) is 3.09. The SMILES string of the molecule is CCCCCC(C)Oc1cc(CNC(=O)COCC(=O)N(CCCC)CCCC)cc(CN(CCCC)C(=O)C(CCCC)(OC)C(N)=O)c1. The molecule has 2 unspecified atom stereocenters. The van der Waals surface area contributed by atoms with Crippen molar-refractivity contribution in [3.05, 3.63) is 29.3 Å². The van der Waals surface area contributed by atoms with Gasteiger partial charge >= 0.3 is 0 Å². The third-order valence-electron chi connectivity index (χ3n) is 8.86. The Labute approximate surface area is 302 Å². The van der Waals surface area contributed by atoms with Crippen LogP contribution in [0.1, 0.15) is 136 Å². The molecule has 0 fully saturated rings. The van der Waals surface area contributed by atoms with E-state index in [4.69, 9.17) is 19.9 Å². The number of hydrogen-bond acceptors (Lipinski definition) is 7. The van der Waals surface area contributed by atoms with Crippen molar-refractivity contribution in [2.75, 3.05) is 40.0 Å². The highest BCUT2D eigenvalue weighted by molar-refractivity contribution is 6.07. The Morgan fingerprint density at radius 3 is 1.92 bits per heavy atom. The van der Waals surface area contributed by atoms with E-state index >= 15 is 0 Å². The molecule has 0 bridgehead atoms. The lowest BCUT2D eigenvalue weighted by Gasteiger charge is -2.34. The number of rotatable bonds is 29. The lowest BCUT2D eigenvalue weighted by atomic mass is 9.93. The summed E-state index contributed by atoms with van der Waals surface area (Å²) in [5.74, 6) is -1.04. The van der Waals surface area contributed by atoms with E-state index < -0.39 is 17.4 Å². The molecule has 1 aromatic rings. The largest absolute Gasteiger partial charge is 0.491 e. The van der Waals surface area contributed by atoms with E-state index in [2.05, 4.69) is 26.1 Å². The molecular formula is C39H68N4O7. The highest BCUT2D eigenvalue weighted by atomic mass is 16.5. The van der Waals surface area contributed by atoms with E-state index in [-0.39, 0.29) is 50.6 Å². The number of carbonyl (C=O) groups excluding carboxylic acids is 4. The molecule has 286 valence electrons. The molecule has 0 aliphatic heterocycles. The highest BCUT2D eigenvalue weighted by Gasteiger charge is 2.46. The summed E-state index contributed by atoms with van der Waals surface area (Å²) < 4.78 is 17.5. The van der Waals surface area contributed by atoms with Crippen LogP contribution in [0.3, 0.4) is 0 Å². The van der Waals surface area contributed by atoms with Gasteiger partial charge in [-0.1, -0.05) is 79.2 Å². The molecule has 50 heavy (non-hydrogen) atoms. The fourth-order valence-electron chi connectivity index (χ4n) is 5.72. The van der Waals surface area contributed by atoms with Crippen molar-refractivity contribution in [2.45, 2.75) is 150 Å². The molecule has 3 N–H and O–H groups in total. The molecule has 0 radical (unpaired) electrons. The van der Waals surface area contributed by atoms with Crippen molar-refractivity contribution in [2.24, 2.45) is 5.73 Å². The molecular weight excluding hydrogens is 636 g/mol. The van der Waals surface area contributed by atoms with Crippen molar-refractivity contribution < 1.29 is 33.4 Å². The zero-order chi connectivity index (χ0) is 37.4. The van der Waals surface area contributed by atoms with Gasteiger partial charge in [-0.3, -0.25) is 19.2 Å². The maximum atomic E-state index is 14.0. The van der Waals surface area contributed by atoms with Crippen LogP contribution in [0.15, 0.2) is 18.2 Å². The Hall–Kier alpha value is -3.18. The van der Waals surface area contributed by atoms with Crippen LogP contribution >= 0.6 is 0 Å². The lowest BCUT2D eigenvalue weighted by molar-refractivity contribution is -0.165. The number of benzene rings is 1. The van der Waals surface area contributed by atoms with E-state index in [0.29, 0.717) is 31.8 Å². The van der Waals surface area contributed by atoms with Crippen LogP contribution in [0.25, 0.3) is 0 Å². The minimum absolute atomic E-state index is 0.0257. The molecule has 4 amide bonds. The third-order valence-corrected chi connectivity index (χ3v) is 8.86. The number of nitrogens with zero attached hydrogens (tertiary/aromatic N) is 2. The van der Waals surface area contributed by atoms with Gasteiger partial charge in [-0.2, -0.15) is 0 Å². The summed E-state index contributed by atoms with van der Waals surface area (Å²) in [6.07, 6.45) is 11.2. The number of carbonyl (C=O) groups is 4. The predicted octanol–water partition coefficient (Wildman–Crippen LogP) is 6.29. The molecule has 11 heteroatoms. The zero-order valence-electron chi connectivity index (χ0n) is 32.3. The number of nitrogens with two attached hydrogens (primary N) is 1. The summed E-state index contributed by atoms with van der Waals surface area (Å²) in [5.41, 5.74) is 5.64. The summed E-state index contributed by atoms with van der Waals surface area (Å²) in [7, 11) is 1.36. The molecule has 0 aliphatic carbocycles. The summed E-state index contributed by atoms with van der Waals surface area (Å²) >= 11 is 0. The van der Waals surface area contributed by atoms with Gasteiger partial charge in [0, 0.05) is 39.8 Å². The first kappa shape index (κ1) is 44.8. The number of hydrogen-bond donors (Lipinski definition) is 2. The standard InChI is InChI=1S/C39H68N4O7/c1-8-13-18-19-31(6)50-34-25-32(27-41-35(44)29-49-30-36(45)42(21-15-10-3)22-16-11-4)24-33(26-34)28-43(23-17-12-5)38(47)39(48-7,37(40)46)20-14-9-2/h24-26,31H,8-23,27-30H2,1-7H3,(H2,40,46)(H,41,44). The van der Waals surface area contributed by atoms with Crippen LogP contribution in [0, 0.1) is 0 Å². The third kappa shape index (κ3) is 16.2. The molecule has 11 nitrogen and oxygen atoms in total. The van der Waals surface area contributed by atoms with E-state index in [0.717, 1.165) is 81.8 Å². The molecule has 0 saturated heterocycles. The second-order valence-electron chi connectivity index (χ2n) is 13.3. The first-order chi connectivity index (χ1) is 24.0. The number of amides is 4. The van der Waals surface area contributed by atoms with Gasteiger partial charge in [-0.05, 0) is 75.1 Å². The van der Waals surface area contributed by atoms with Crippen LogP contribution < -0.4 is 15.8 Å². The fourth-order valence-corrected chi connectivity index (χ4v) is 5.72. The molecule has 0 aromatic heterocycles. The van der Waals surface area contributed by atoms with Crippen molar-refractivity contribution in [1.29, 1.82) is 0 Å². The van der Waals surface area contributed by atoms with Gasteiger partial charge in [-0.15, -0.1) is 0 Å². The smallest absolute Gasteiger partial charge is 0.264 e. The van der Waals surface area contributed by atoms with Gasteiger partial charge in [0.05, 0.1) is 6.10 Å². The van der Waals surface area contributed by atoms with Gasteiger partial charge in [0.25, 0.3) is 11.8 Å². The number of nitrogens with one attached hydrogen (secondary N) is 1. The Bertz CT molecular complexity index is 1140. The fraction of sp³-hybridized carbons (Fsp3) is 0.744. The van der Waals surface area contributed by atoms with Crippen LogP contribution in [0.2, 0.25) is 0 Å². The van der Waals surface area contributed by atoms with Gasteiger partial charge in [0.1, 0.15) is 19.0 Å². The molecule has 1 rings (SSSR count). The second-order valence-corrected chi connectivity index (χ2v) is 13.3. The minimum Gasteiger partial charge on any atom is -0.491 e. The Morgan fingerprint density at radius 1 is 0.780 bits per heavy atom. The summed E-state index contributed by atoms with van der Waals surface area (Å²) in [5, 5.41) is 2.90. The van der Waals surface area contributed by atoms with Crippen molar-refractivity contribution in [1.82, 2.24) is 15.1 Å². The maximum Gasteiger partial charge on any atom is 0.264 e. The Balaban J connectivity index is 3.19. The number of unbranched alkanes of at least 4 members (excludes halogenated alkanes) is 6. The molecule has 0 heterocycles. The number of ether oxygens (including phenoxy) is 3. The van der Waals surface area contributed by atoms with Crippen LogP contribution in [-0.2, 0) is 41.7 Å². The normalized spacial score (nSPS) is 12.9. The highest BCUT2D eigenvalue weighted by Crippen LogP contribution is 2.26. The second kappa shape index (κ2) is 25.7. The van der Waals surface area contributed by atoms with Crippen molar-refractivity contribution in [3.8, 4) is 5.75 Å². The average molecular weight is 705 g/mol. The number of primary amides is 1. The minimum atomic E-state index is -1.74. The van der Waals surface area contributed by atoms with Crippen molar-refractivity contribution >= 4 is 23.6 Å². The topological polar surface area (TPSA) is 140 Å². The maximum absolute atomic E-state index is 14.0. The van der Waals surface area contributed by atoms with Crippen LogP contribution in [0.5, 0.6) is 5.75 Å². The van der Waals surface area contributed by atoms with Crippen LogP contribution in [-0.4, -0.2) is 85.1 Å². The van der Waals surface area contributed by atoms with Gasteiger partial charge in [0.15, 0.2) is 0 Å². The monoisotopic (exact) mass is 705 g/mol. The first-order valence-corrected chi connectivity index (χ1v) is 19.1. The summed E-state index contributed by atoms with van der Waals surface area (Å²) in [6, 6.07) is 5.73.